The Morgan fingerprint density at radius 1 is 1.27 bits per heavy atom. The highest BCUT2D eigenvalue weighted by molar-refractivity contribution is 4.81. The molecule has 66 valence electrons. The summed E-state index contributed by atoms with van der Waals surface area (Å²) in [5.41, 5.74) is 0. The molecule has 0 aromatic carbocycles. The monoisotopic (exact) mass is 164 g/mol. The third kappa shape index (κ3) is 1.88. The number of aliphatic hydroxyl groups excluding tert-OH is 4. The van der Waals surface area contributed by atoms with E-state index in [-0.39, 0.29) is 6.42 Å². The molecule has 0 aromatic rings. The summed E-state index contributed by atoms with van der Waals surface area (Å²) < 4.78 is 4.71. The number of hydrogen-bond acceptors (Lipinski definition) is 5. The highest BCUT2D eigenvalue weighted by atomic mass is 16.6. The van der Waals surface area contributed by atoms with E-state index in [0.29, 0.717) is 0 Å². The van der Waals surface area contributed by atoms with Crippen LogP contribution in [0, 0.1) is 0 Å². The van der Waals surface area contributed by atoms with Crippen LogP contribution in [0.4, 0.5) is 0 Å². The van der Waals surface area contributed by atoms with Crippen molar-refractivity contribution in [1.29, 1.82) is 0 Å². The molecule has 0 spiro atoms. The fourth-order valence-electron chi connectivity index (χ4n) is 1.08. The maximum atomic E-state index is 9.11. The SMILES string of the molecule is OCC1O[C@H](O)C[C@@H](O)C1O. The predicted molar refractivity (Wildman–Crippen MR) is 34.6 cm³/mol. The fourth-order valence-corrected chi connectivity index (χ4v) is 1.08. The third-order valence-corrected chi connectivity index (χ3v) is 1.73. The standard InChI is InChI=1S/C6H12O5/c7-2-4-6(10)3(8)1-5(9)11-4/h3-10H,1-2H2/t3-,4?,5+,6?/m1/s1. The van der Waals surface area contributed by atoms with Crippen molar-refractivity contribution in [3.05, 3.63) is 0 Å². The van der Waals surface area contributed by atoms with Gasteiger partial charge in [-0.2, -0.15) is 0 Å². The minimum atomic E-state index is -1.11. The highest BCUT2D eigenvalue weighted by Crippen LogP contribution is 2.18. The van der Waals surface area contributed by atoms with E-state index in [2.05, 4.69) is 0 Å². The van der Waals surface area contributed by atoms with E-state index >= 15 is 0 Å². The molecular formula is C6H12O5. The lowest BCUT2D eigenvalue weighted by Crippen LogP contribution is -2.49. The minimum absolute atomic E-state index is 0.0162. The summed E-state index contributed by atoms with van der Waals surface area (Å²) >= 11 is 0. The van der Waals surface area contributed by atoms with E-state index in [1.165, 1.54) is 0 Å². The second-order valence-electron chi connectivity index (χ2n) is 2.61. The van der Waals surface area contributed by atoms with Crippen molar-refractivity contribution in [3.63, 3.8) is 0 Å². The van der Waals surface area contributed by atoms with Gasteiger partial charge in [-0.3, -0.25) is 0 Å². The van der Waals surface area contributed by atoms with Crippen LogP contribution in [-0.4, -0.2) is 51.6 Å². The Morgan fingerprint density at radius 2 is 1.91 bits per heavy atom. The lowest BCUT2D eigenvalue weighted by atomic mass is 10.0. The zero-order valence-electron chi connectivity index (χ0n) is 5.92. The molecule has 1 saturated heterocycles. The van der Waals surface area contributed by atoms with Crippen molar-refractivity contribution < 1.29 is 25.2 Å². The van der Waals surface area contributed by atoms with Crippen LogP contribution in [0.3, 0.4) is 0 Å². The smallest absolute Gasteiger partial charge is 0.157 e. The molecule has 0 aromatic heterocycles. The molecule has 1 rings (SSSR count). The van der Waals surface area contributed by atoms with Crippen molar-refractivity contribution in [1.82, 2.24) is 0 Å². The summed E-state index contributed by atoms with van der Waals surface area (Å²) in [6.07, 6.45) is -4.11. The zero-order valence-corrected chi connectivity index (χ0v) is 5.92. The zero-order chi connectivity index (χ0) is 8.43. The number of hydrogen-bond donors (Lipinski definition) is 4. The molecule has 5 nitrogen and oxygen atoms in total. The van der Waals surface area contributed by atoms with Crippen LogP contribution in [0.2, 0.25) is 0 Å². The van der Waals surface area contributed by atoms with E-state index in [4.69, 9.17) is 25.2 Å². The van der Waals surface area contributed by atoms with Gasteiger partial charge in [0.1, 0.15) is 12.2 Å². The Hall–Kier alpha value is -0.200. The summed E-state index contributed by atoms with van der Waals surface area (Å²) in [6, 6.07) is 0. The van der Waals surface area contributed by atoms with Crippen molar-refractivity contribution in [3.8, 4) is 0 Å². The van der Waals surface area contributed by atoms with Crippen LogP contribution in [-0.2, 0) is 4.74 Å². The molecule has 1 aliphatic heterocycles. The number of ether oxygens (including phenoxy) is 1. The first-order valence-corrected chi connectivity index (χ1v) is 3.45. The van der Waals surface area contributed by atoms with Crippen molar-refractivity contribution in [2.24, 2.45) is 0 Å². The normalized spacial score (nSPS) is 45.8. The second kappa shape index (κ2) is 3.46. The lowest BCUT2D eigenvalue weighted by Gasteiger charge is -2.33. The first-order valence-electron chi connectivity index (χ1n) is 3.45. The number of aliphatic hydroxyl groups is 4. The molecule has 0 saturated carbocycles. The van der Waals surface area contributed by atoms with Gasteiger partial charge in [-0.15, -0.1) is 0 Å². The van der Waals surface area contributed by atoms with E-state index in [9.17, 15) is 0 Å². The maximum absolute atomic E-state index is 9.11. The molecule has 1 heterocycles. The lowest BCUT2D eigenvalue weighted by molar-refractivity contribution is -0.239. The van der Waals surface area contributed by atoms with Gasteiger partial charge in [0.05, 0.1) is 12.7 Å². The first kappa shape index (κ1) is 8.89. The molecule has 1 fully saturated rings. The number of rotatable bonds is 1. The quantitative estimate of drug-likeness (QED) is 0.353. The van der Waals surface area contributed by atoms with Gasteiger partial charge >= 0.3 is 0 Å². The Bertz CT molecular complexity index is 128. The van der Waals surface area contributed by atoms with E-state index < -0.39 is 31.2 Å². The Kier molecular flexibility index (Phi) is 2.80. The van der Waals surface area contributed by atoms with Crippen LogP contribution in [0.15, 0.2) is 0 Å². The van der Waals surface area contributed by atoms with Crippen LogP contribution in [0.25, 0.3) is 0 Å². The second-order valence-corrected chi connectivity index (χ2v) is 2.61. The summed E-state index contributed by atoms with van der Waals surface area (Å²) in [6.45, 7) is -0.407. The summed E-state index contributed by atoms with van der Waals surface area (Å²) in [5.74, 6) is 0. The molecule has 2 unspecified atom stereocenters. The highest BCUT2D eigenvalue weighted by Gasteiger charge is 2.35. The van der Waals surface area contributed by atoms with E-state index in [1.54, 1.807) is 0 Å². The molecule has 4 atom stereocenters. The fraction of sp³-hybridized carbons (Fsp3) is 1.00. The van der Waals surface area contributed by atoms with Crippen molar-refractivity contribution in [2.75, 3.05) is 6.61 Å². The van der Waals surface area contributed by atoms with E-state index in [1.807, 2.05) is 0 Å². The largest absolute Gasteiger partial charge is 0.394 e. The molecule has 0 aliphatic carbocycles. The topological polar surface area (TPSA) is 90.2 Å². The molecular weight excluding hydrogens is 152 g/mol. The Morgan fingerprint density at radius 3 is 2.45 bits per heavy atom. The van der Waals surface area contributed by atoms with Gasteiger partial charge < -0.3 is 25.2 Å². The first-order chi connectivity index (χ1) is 5.15. The van der Waals surface area contributed by atoms with Crippen molar-refractivity contribution in [2.45, 2.75) is 31.0 Å². The van der Waals surface area contributed by atoms with Gasteiger partial charge in [-0.25, -0.2) is 0 Å². The molecule has 0 radical (unpaired) electrons. The van der Waals surface area contributed by atoms with E-state index in [0.717, 1.165) is 0 Å². The molecule has 5 heteroatoms. The maximum Gasteiger partial charge on any atom is 0.157 e. The summed E-state index contributed by atoms with van der Waals surface area (Å²) in [7, 11) is 0. The Balaban J connectivity index is 2.51. The van der Waals surface area contributed by atoms with Crippen molar-refractivity contribution >= 4 is 0 Å². The molecule has 11 heavy (non-hydrogen) atoms. The van der Waals surface area contributed by atoms with Crippen LogP contribution in [0.1, 0.15) is 6.42 Å². The third-order valence-electron chi connectivity index (χ3n) is 1.73. The van der Waals surface area contributed by atoms with Crippen LogP contribution >= 0.6 is 0 Å². The summed E-state index contributed by atoms with van der Waals surface area (Å²) in [5, 5.41) is 35.6. The van der Waals surface area contributed by atoms with Gasteiger partial charge in [0.2, 0.25) is 0 Å². The van der Waals surface area contributed by atoms with Gasteiger partial charge in [-0.05, 0) is 0 Å². The predicted octanol–water partition coefficient (Wildman–Crippen LogP) is -2.19. The summed E-state index contributed by atoms with van der Waals surface area (Å²) in [4.78, 5) is 0. The minimum Gasteiger partial charge on any atom is -0.394 e. The molecule has 0 amide bonds. The Labute approximate surface area is 63.8 Å². The van der Waals surface area contributed by atoms with Gasteiger partial charge in [0.25, 0.3) is 0 Å². The molecule has 0 bridgehead atoms. The van der Waals surface area contributed by atoms with Gasteiger partial charge in [0.15, 0.2) is 6.29 Å². The van der Waals surface area contributed by atoms with Crippen LogP contribution < -0.4 is 0 Å². The molecule has 1 aliphatic rings. The average molecular weight is 164 g/mol. The average Bonchev–Trinajstić information content (AvgIpc) is 1.96. The molecule has 4 N–H and O–H groups in total. The van der Waals surface area contributed by atoms with Gasteiger partial charge in [0, 0.05) is 6.42 Å². The van der Waals surface area contributed by atoms with Gasteiger partial charge in [-0.1, -0.05) is 0 Å². The van der Waals surface area contributed by atoms with Crippen LogP contribution in [0.5, 0.6) is 0 Å².